The molecule has 0 aliphatic carbocycles. The smallest absolute Gasteiger partial charge is 0.253 e. The molecule has 1 saturated heterocycles. The minimum absolute atomic E-state index is 0.0316. The molecule has 0 spiro atoms. The van der Waals surface area contributed by atoms with E-state index < -0.39 is 0 Å². The number of hydrogen-bond acceptors (Lipinski definition) is 3. The van der Waals surface area contributed by atoms with Gasteiger partial charge in [0.25, 0.3) is 5.91 Å². The van der Waals surface area contributed by atoms with Crippen LogP contribution < -0.4 is 5.32 Å². The quantitative estimate of drug-likeness (QED) is 0.858. The third kappa shape index (κ3) is 4.24. The van der Waals surface area contributed by atoms with Crippen LogP contribution in [0.4, 0.5) is 5.69 Å². The SMILES string of the molecule is C#CCN1CCC(Nc2ccc(C(=O)N(C)C)cc2)CC1. The lowest BCUT2D eigenvalue weighted by molar-refractivity contribution is 0.0827. The molecule has 0 aromatic heterocycles. The molecule has 21 heavy (non-hydrogen) atoms. The molecule has 2 rings (SSSR count). The number of likely N-dealkylation sites (tertiary alicyclic amines) is 1. The maximum Gasteiger partial charge on any atom is 0.253 e. The second-order valence-corrected chi connectivity index (χ2v) is 5.68. The molecule has 0 atom stereocenters. The molecule has 0 radical (unpaired) electrons. The molecule has 1 fully saturated rings. The van der Waals surface area contributed by atoms with Crippen molar-refractivity contribution in [2.45, 2.75) is 18.9 Å². The molecule has 1 aromatic rings. The Balaban J connectivity index is 1.87. The van der Waals surface area contributed by atoms with Gasteiger partial charge >= 0.3 is 0 Å². The van der Waals surface area contributed by atoms with Crippen molar-refractivity contribution < 1.29 is 4.79 Å². The van der Waals surface area contributed by atoms with Gasteiger partial charge in [-0.25, -0.2) is 0 Å². The first kappa shape index (κ1) is 15.4. The van der Waals surface area contributed by atoms with E-state index in [0.717, 1.165) is 43.7 Å². The first-order chi connectivity index (χ1) is 10.1. The number of hydrogen-bond donors (Lipinski definition) is 1. The van der Waals surface area contributed by atoms with Crippen molar-refractivity contribution in [1.29, 1.82) is 0 Å². The highest BCUT2D eigenvalue weighted by Gasteiger charge is 2.18. The average Bonchev–Trinajstić information content (AvgIpc) is 2.49. The van der Waals surface area contributed by atoms with Crippen molar-refractivity contribution in [3.8, 4) is 12.3 Å². The predicted octanol–water partition coefficient (Wildman–Crippen LogP) is 1.90. The van der Waals surface area contributed by atoms with Crippen LogP contribution in [0.1, 0.15) is 23.2 Å². The second-order valence-electron chi connectivity index (χ2n) is 5.68. The minimum Gasteiger partial charge on any atom is -0.382 e. The van der Waals surface area contributed by atoms with Gasteiger partial charge in [-0.1, -0.05) is 5.92 Å². The summed E-state index contributed by atoms with van der Waals surface area (Å²) in [6, 6.07) is 8.18. The summed E-state index contributed by atoms with van der Waals surface area (Å²) in [5, 5.41) is 3.54. The van der Waals surface area contributed by atoms with E-state index in [9.17, 15) is 4.79 Å². The monoisotopic (exact) mass is 285 g/mol. The van der Waals surface area contributed by atoms with E-state index in [0.29, 0.717) is 6.04 Å². The second kappa shape index (κ2) is 7.14. The van der Waals surface area contributed by atoms with Crippen LogP contribution in [-0.4, -0.2) is 55.5 Å². The van der Waals surface area contributed by atoms with E-state index in [-0.39, 0.29) is 5.91 Å². The summed E-state index contributed by atoms with van der Waals surface area (Å²) in [5.41, 5.74) is 1.79. The van der Waals surface area contributed by atoms with E-state index in [1.54, 1.807) is 19.0 Å². The van der Waals surface area contributed by atoms with Crippen LogP contribution in [0, 0.1) is 12.3 Å². The number of piperidine rings is 1. The molecule has 4 nitrogen and oxygen atoms in total. The summed E-state index contributed by atoms with van der Waals surface area (Å²) in [6.45, 7) is 2.83. The summed E-state index contributed by atoms with van der Waals surface area (Å²) in [6.07, 6.45) is 7.53. The van der Waals surface area contributed by atoms with Crippen molar-refractivity contribution in [3.05, 3.63) is 29.8 Å². The molecule has 0 saturated carbocycles. The normalized spacial score (nSPS) is 16.2. The molecule has 1 N–H and O–H groups in total. The Kier molecular flexibility index (Phi) is 5.24. The third-order valence-electron chi connectivity index (χ3n) is 3.81. The molecule has 1 aliphatic rings. The van der Waals surface area contributed by atoms with Crippen LogP contribution >= 0.6 is 0 Å². The van der Waals surface area contributed by atoms with Crippen LogP contribution in [-0.2, 0) is 0 Å². The highest BCUT2D eigenvalue weighted by molar-refractivity contribution is 5.94. The summed E-state index contributed by atoms with van der Waals surface area (Å²) in [4.78, 5) is 15.7. The van der Waals surface area contributed by atoms with E-state index in [1.165, 1.54) is 0 Å². The molecular formula is C17H23N3O. The maximum absolute atomic E-state index is 11.8. The summed E-state index contributed by atoms with van der Waals surface area (Å²) in [5.74, 6) is 2.73. The van der Waals surface area contributed by atoms with Crippen molar-refractivity contribution in [3.63, 3.8) is 0 Å². The fraction of sp³-hybridized carbons (Fsp3) is 0.471. The number of benzene rings is 1. The zero-order valence-corrected chi connectivity index (χ0v) is 12.8. The van der Waals surface area contributed by atoms with Gasteiger partial charge in [0.1, 0.15) is 0 Å². The molecule has 1 aliphatic heterocycles. The summed E-state index contributed by atoms with van der Waals surface area (Å²) >= 11 is 0. The Morgan fingerprint density at radius 2 is 1.95 bits per heavy atom. The largest absolute Gasteiger partial charge is 0.382 e. The van der Waals surface area contributed by atoms with Gasteiger partial charge in [-0.3, -0.25) is 9.69 Å². The molecule has 0 unspecified atom stereocenters. The lowest BCUT2D eigenvalue weighted by Gasteiger charge is -2.31. The molecule has 0 bridgehead atoms. The minimum atomic E-state index is 0.0316. The molecule has 1 aromatic carbocycles. The van der Waals surface area contributed by atoms with Crippen molar-refractivity contribution >= 4 is 11.6 Å². The Bertz CT molecular complexity index is 508. The Hall–Kier alpha value is -1.99. The van der Waals surface area contributed by atoms with Crippen molar-refractivity contribution in [2.24, 2.45) is 0 Å². The number of terminal acetylenes is 1. The van der Waals surface area contributed by atoms with Crippen LogP contribution in [0.5, 0.6) is 0 Å². The van der Waals surface area contributed by atoms with Gasteiger partial charge in [0.05, 0.1) is 6.54 Å². The molecule has 4 heteroatoms. The summed E-state index contributed by atoms with van der Waals surface area (Å²) < 4.78 is 0. The topological polar surface area (TPSA) is 35.6 Å². The number of anilines is 1. The number of carbonyl (C=O) groups is 1. The van der Waals surface area contributed by atoms with Gasteiger partial charge in [-0.2, -0.15) is 0 Å². The zero-order chi connectivity index (χ0) is 15.2. The fourth-order valence-electron chi connectivity index (χ4n) is 2.57. The van der Waals surface area contributed by atoms with E-state index in [4.69, 9.17) is 6.42 Å². The van der Waals surface area contributed by atoms with Crippen LogP contribution in [0.2, 0.25) is 0 Å². The highest BCUT2D eigenvalue weighted by Crippen LogP contribution is 2.17. The fourth-order valence-corrected chi connectivity index (χ4v) is 2.57. The van der Waals surface area contributed by atoms with Crippen molar-refractivity contribution in [1.82, 2.24) is 9.80 Å². The third-order valence-corrected chi connectivity index (χ3v) is 3.81. The van der Waals surface area contributed by atoms with Crippen LogP contribution in [0.3, 0.4) is 0 Å². The van der Waals surface area contributed by atoms with E-state index in [2.05, 4.69) is 16.1 Å². The van der Waals surface area contributed by atoms with E-state index >= 15 is 0 Å². The van der Waals surface area contributed by atoms with E-state index in [1.807, 2.05) is 24.3 Å². The molecule has 112 valence electrons. The van der Waals surface area contributed by atoms with Crippen molar-refractivity contribution in [2.75, 3.05) is 39.0 Å². The number of nitrogens with one attached hydrogen (secondary N) is 1. The summed E-state index contributed by atoms with van der Waals surface area (Å²) in [7, 11) is 3.52. The van der Waals surface area contributed by atoms with Gasteiger partial charge in [0, 0.05) is 44.5 Å². The van der Waals surface area contributed by atoms with Gasteiger partial charge < -0.3 is 10.2 Å². The first-order valence-corrected chi connectivity index (χ1v) is 7.34. The predicted molar refractivity (Wildman–Crippen MR) is 86.4 cm³/mol. The number of carbonyl (C=O) groups excluding carboxylic acids is 1. The Labute approximate surface area is 127 Å². The Morgan fingerprint density at radius 3 is 2.48 bits per heavy atom. The first-order valence-electron chi connectivity index (χ1n) is 7.34. The zero-order valence-electron chi connectivity index (χ0n) is 12.8. The van der Waals surface area contributed by atoms with Gasteiger partial charge in [0.15, 0.2) is 0 Å². The Morgan fingerprint density at radius 1 is 1.33 bits per heavy atom. The average molecular weight is 285 g/mol. The standard InChI is InChI=1S/C17H23N3O/c1-4-11-20-12-9-16(10-13-20)18-15-7-5-14(6-8-15)17(21)19(2)3/h1,5-8,16,18H,9-13H2,2-3H3. The number of amides is 1. The molecular weight excluding hydrogens is 262 g/mol. The van der Waals surface area contributed by atoms with Gasteiger partial charge in [0.2, 0.25) is 0 Å². The van der Waals surface area contributed by atoms with Crippen LogP contribution in [0.15, 0.2) is 24.3 Å². The number of nitrogens with zero attached hydrogens (tertiary/aromatic N) is 2. The highest BCUT2D eigenvalue weighted by atomic mass is 16.2. The van der Waals surface area contributed by atoms with Crippen LogP contribution in [0.25, 0.3) is 0 Å². The lowest BCUT2D eigenvalue weighted by atomic mass is 10.0. The molecule has 1 amide bonds. The number of rotatable bonds is 4. The lowest BCUT2D eigenvalue weighted by Crippen LogP contribution is -2.39. The molecule has 1 heterocycles. The maximum atomic E-state index is 11.8. The van der Waals surface area contributed by atoms with Gasteiger partial charge in [-0.05, 0) is 37.1 Å². The van der Waals surface area contributed by atoms with Gasteiger partial charge in [-0.15, -0.1) is 6.42 Å².